The van der Waals surface area contributed by atoms with Gasteiger partial charge in [0.25, 0.3) is 0 Å². The molecule has 0 amide bonds. The molecule has 2 N–H and O–H groups in total. The fourth-order valence-electron chi connectivity index (χ4n) is 3.28. The van der Waals surface area contributed by atoms with Gasteiger partial charge in [0.15, 0.2) is 5.82 Å². The second-order valence-electron chi connectivity index (χ2n) is 9.90. The van der Waals surface area contributed by atoms with Crippen molar-refractivity contribution < 1.29 is 9.84 Å². The quantitative estimate of drug-likeness (QED) is 0.444. The van der Waals surface area contributed by atoms with E-state index in [2.05, 4.69) is 46.1 Å². The summed E-state index contributed by atoms with van der Waals surface area (Å²) in [6.45, 7) is 11.8. The van der Waals surface area contributed by atoms with Crippen molar-refractivity contribution in [3.05, 3.63) is 60.4 Å². The topological polar surface area (TPSA) is 97.5 Å². The minimum Gasteiger partial charge on any atom is -0.488 e. The van der Waals surface area contributed by atoms with Crippen LogP contribution in [0.25, 0.3) is 16.6 Å². The van der Waals surface area contributed by atoms with Gasteiger partial charge in [0.1, 0.15) is 18.2 Å². The number of hydrogen-bond donors (Lipinski definition) is 2. The highest BCUT2D eigenvalue weighted by Gasteiger charge is 2.17. The molecule has 0 aromatic carbocycles. The van der Waals surface area contributed by atoms with E-state index in [0.717, 1.165) is 28.0 Å². The van der Waals surface area contributed by atoms with Crippen LogP contribution in [-0.2, 0) is 5.41 Å². The van der Waals surface area contributed by atoms with E-state index >= 15 is 0 Å². The second kappa shape index (κ2) is 8.44. The Balaban J connectivity index is 1.61. The van der Waals surface area contributed by atoms with Gasteiger partial charge in [-0.2, -0.15) is 5.10 Å². The molecule has 8 nitrogen and oxygen atoms in total. The predicted octanol–water partition coefficient (Wildman–Crippen LogP) is 4.69. The lowest BCUT2D eigenvalue weighted by Crippen LogP contribution is -2.28. The lowest BCUT2D eigenvalue weighted by atomic mass is 9.93. The number of aryl methyl sites for hydroxylation is 1. The van der Waals surface area contributed by atoms with Crippen molar-refractivity contribution in [2.75, 3.05) is 11.9 Å². The van der Waals surface area contributed by atoms with Crippen LogP contribution < -0.4 is 10.1 Å². The fourth-order valence-corrected chi connectivity index (χ4v) is 3.28. The van der Waals surface area contributed by atoms with Crippen LogP contribution >= 0.6 is 0 Å². The first-order chi connectivity index (χ1) is 15.5. The number of pyridine rings is 2. The molecule has 0 unspecified atom stereocenters. The molecule has 0 atom stereocenters. The van der Waals surface area contributed by atoms with Crippen LogP contribution in [0.3, 0.4) is 0 Å². The Bertz CT molecular complexity index is 1270. The van der Waals surface area contributed by atoms with Gasteiger partial charge in [-0.3, -0.25) is 9.97 Å². The van der Waals surface area contributed by atoms with Crippen LogP contribution in [0.4, 0.5) is 11.6 Å². The normalized spacial score (nSPS) is 12.2. The molecular formula is C25H30N6O2. The van der Waals surface area contributed by atoms with Gasteiger partial charge in [0.2, 0.25) is 0 Å². The Hall–Kier alpha value is -3.52. The Morgan fingerprint density at radius 3 is 2.42 bits per heavy atom. The van der Waals surface area contributed by atoms with Crippen molar-refractivity contribution in [2.45, 2.75) is 52.6 Å². The third-order valence-corrected chi connectivity index (χ3v) is 5.04. The van der Waals surface area contributed by atoms with E-state index in [0.29, 0.717) is 17.4 Å². The van der Waals surface area contributed by atoms with Crippen molar-refractivity contribution in [2.24, 2.45) is 0 Å². The summed E-state index contributed by atoms with van der Waals surface area (Å²) in [5.74, 6) is 1.94. The number of fused-ring (bicyclic) bond motifs is 1. The van der Waals surface area contributed by atoms with Crippen LogP contribution in [0, 0.1) is 6.92 Å². The molecule has 33 heavy (non-hydrogen) atoms. The third-order valence-electron chi connectivity index (χ3n) is 5.04. The van der Waals surface area contributed by atoms with Crippen LogP contribution in [0.15, 0.2) is 49.1 Å². The maximum atomic E-state index is 10.0. The van der Waals surface area contributed by atoms with E-state index in [4.69, 9.17) is 4.74 Å². The highest BCUT2D eigenvalue weighted by molar-refractivity contribution is 5.75. The first kappa shape index (κ1) is 22.7. The zero-order valence-corrected chi connectivity index (χ0v) is 19.9. The lowest BCUT2D eigenvalue weighted by Gasteiger charge is -2.19. The Morgan fingerprint density at radius 1 is 0.970 bits per heavy atom. The summed E-state index contributed by atoms with van der Waals surface area (Å²) in [4.78, 5) is 13.3. The molecular weight excluding hydrogens is 416 g/mol. The summed E-state index contributed by atoms with van der Waals surface area (Å²) in [6.07, 6.45) is 7.11. The van der Waals surface area contributed by atoms with Gasteiger partial charge in [-0.05, 0) is 44.5 Å². The highest BCUT2D eigenvalue weighted by atomic mass is 16.5. The van der Waals surface area contributed by atoms with E-state index in [-0.39, 0.29) is 12.0 Å². The maximum absolute atomic E-state index is 10.0. The molecule has 0 radical (unpaired) electrons. The first-order valence-electron chi connectivity index (χ1n) is 10.9. The average molecular weight is 447 g/mol. The molecule has 0 aliphatic rings. The van der Waals surface area contributed by atoms with E-state index < -0.39 is 5.60 Å². The lowest BCUT2D eigenvalue weighted by molar-refractivity contribution is 0.0286. The molecule has 0 saturated heterocycles. The van der Waals surface area contributed by atoms with Crippen LogP contribution in [0.2, 0.25) is 0 Å². The zero-order valence-electron chi connectivity index (χ0n) is 19.9. The van der Waals surface area contributed by atoms with Gasteiger partial charge in [-0.1, -0.05) is 20.8 Å². The summed E-state index contributed by atoms with van der Waals surface area (Å²) in [5, 5.41) is 17.8. The van der Waals surface area contributed by atoms with Gasteiger partial charge in [0.05, 0.1) is 35.4 Å². The standard InChI is InChI=1S/C25H30N6O2/c1-16-9-19(20(12-26-16)33-15-25(5,6)32)17-7-8-31-18(10-17)11-22(30-31)29-23-14-27-21(13-28-23)24(2,3)4/h7-14,32H,15H2,1-6H3,(H,28,29,30). The number of nitrogens with zero attached hydrogens (tertiary/aromatic N) is 5. The summed E-state index contributed by atoms with van der Waals surface area (Å²) in [6, 6.07) is 7.95. The molecule has 4 aromatic heterocycles. The molecule has 0 spiro atoms. The first-order valence-corrected chi connectivity index (χ1v) is 10.9. The van der Waals surface area contributed by atoms with E-state index in [1.165, 1.54) is 0 Å². The maximum Gasteiger partial charge on any atom is 0.154 e. The molecule has 0 bridgehead atoms. The highest BCUT2D eigenvalue weighted by Crippen LogP contribution is 2.32. The molecule has 4 aromatic rings. The van der Waals surface area contributed by atoms with Gasteiger partial charge in [-0.25, -0.2) is 9.50 Å². The number of ether oxygens (including phenoxy) is 1. The molecule has 172 valence electrons. The smallest absolute Gasteiger partial charge is 0.154 e. The van der Waals surface area contributed by atoms with E-state index in [1.54, 1.807) is 37.0 Å². The number of anilines is 2. The van der Waals surface area contributed by atoms with Gasteiger partial charge >= 0.3 is 0 Å². The van der Waals surface area contributed by atoms with Gasteiger partial charge < -0.3 is 15.2 Å². The van der Waals surface area contributed by atoms with E-state index in [1.807, 2.05) is 37.4 Å². The number of hydrogen-bond acceptors (Lipinski definition) is 7. The summed E-state index contributed by atoms with van der Waals surface area (Å²) >= 11 is 0. The molecule has 4 heterocycles. The zero-order chi connectivity index (χ0) is 23.8. The molecule has 0 saturated carbocycles. The van der Waals surface area contributed by atoms with Gasteiger partial charge in [-0.15, -0.1) is 0 Å². The predicted molar refractivity (Wildman–Crippen MR) is 129 cm³/mol. The van der Waals surface area contributed by atoms with Crippen molar-refractivity contribution in [1.82, 2.24) is 24.6 Å². The van der Waals surface area contributed by atoms with Crippen molar-refractivity contribution in [1.29, 1.82) is 0 Å². The molecule has 0 aliphatic carbocycles. The Labute approximate surface area is 193 Å². The average Bonchev–Trinajstić information content (AvgIpc) is 3.13. The Kier molecular flexibility index (Phi) is 5.80. The van der Waals surface area contributed by atoms with Crippen molar-refractivity contribution in [3.63, 3.8) is 0 Å². The minimum atomic E-state index is -0.938. The number of nitrogens with one attached hydrogen (secondary N) is 1. The van der Waals surface area contributed by atoms with Crippen LogP contribution in [0.5, 0.6) is 5.75 Å². The van der Waals surface area contributed by atoms with Gasteiger partial charge in [0, 0.05) is 28.9 Å². The monoisotopic (exact) mass is 446 g/mol. The molecule has 8 heteroatoms. The van der Waals surface area contributed by atoms with Crippen molar-refractivity contribution >= 4 is 17.2 Å². The molecule has 0 fully saturated rings. The number of rotatable bonds is 6. The SMILES string of the molecule is Cc1cc(-c2ccn3nc(Nc4cnc(C(C)(C)C)cn4)cc3c2)c(OCC(C)(C)O)cn1. The largest absolute Gasteiger partial charge is 0.488 e. The summed E-state index contributed by atoms with van der Waals surface area (Å²) in [7, 11) is 0. The molecule has 4 rings (SSSR count). The van der Waals surface area contributed by atoms with Crippen LogP contribution in [-0.4, -0.2) is 41.9 Å². The second-order valence-corrected chi connectivity index (χ2v) is 9.90. The third kappa shape index (κ3) is 5.46. The fraction of sp³-hybridized carbons (Fsp3) is 0.360. The summed E-state index contributed by atoms with van der Waals surface area (Å²) in [5.41, 5.74) is 3.62. The van der Waals surface area contributed by atoms with Crippen molar-refractivity contribution in [3.8, 4) is 16.9 Å². The number of aromatic nitrogens is 5. The number of aliphatic hydroxyl groups is 1. The minimum absolute atomic E-state index is 0.0498. The summed E-state index contributed by atoms with van der Waals surface area (Å²) < 4.78 is 7.68. The Morgan fingerprint density at radius 2 is 1.76 bits per heavy atom. The van der Waals surface area contributed by atoms with Crippen LogP contribution in [0.1, 0.15) is 46.0 Å². The molecule has 0 aliphatic heterocycles. The van der Waals surface area contributed by atoms with E-state index in [9.17, 15) is 5.11 Å².